The molecule has 1 aromatic rings. The van der Waals surface area contributed by atoms with E-state index in [1.165, 1.54) is 6.07 Å². The van der Waals surface area contributed by atoms with Gasteiger partial charge in [-0.05, 0) is 55.8 Å². The first-order valence-corrected chi connectivity index (χ1v) is 7.83. The summed E-state index contributed by atoms with van der Waals surface area (Å²) in [7, 11) is 0. The lowest BCUT2D eigenvalue weighted by Crippen LogP contribution is -2.41. The summed E-state index contributed by atoms with van der Waals surface area (Å²) in [5.74, 6) is 0.277. The summed E-state index contributed by atoms with van der Waals surface area (Å²) in [4.78, 5) is 0. The Morgan fingerprint density at radius 2 is 2.15 bits per heavy atom. The molecule has 1 aliphatic heterocycles. The molecule has 0 bridgehead atoms. The Bertz CT molecular complexity index is 421. The lowest BCUT2D eigenvalue weighted by molar-refractivity contribution is 0.0538. The van der Waals surface area contributed by atoms with Crippen molar-refractivity contribution in [1.29, 1.82) is 0 Å². The van der Waals surface area contributed by atoms with Crippen LogP contribution >= 0.6 is 11.6 Å². The summed E-state index contributed by atoms with van der Waals surface area (Å²) in [5.41, 5.74) is 1.09. The second-order valence-electron chi connectivity index (χ2n) is 5.46. The third-order valence-corrected chi connectivity index (χ3v) is 4.22. The Hall–Kier alpha value is -0.640. The smallest absolute Gasteiger partial charge is 0.141 e. The van der Waals surface area contributed by atoms with Crippen molar-refractivity contribution in [2.24, 2.45) is 5.92 Å². The molecular formula is C16H23ClFNO. The van der Waals surface area contributed by atoms with Crippen molar-refractivity contribution in [2.45, 2.75) is 38.6 Å². The van der Waals surface area contributed by atoms with Crippen molar-refractivity contribution in [3.8, 4) is 0 Å². The molecule has 1 heterocycles. The number of hydrogen-bond donors (Lipinski definition) is 1. The Balaban J connectivity index is 2.03. The van der Waals surface area contributed by atoms with Gasteiger partial charge in [-0.15, -0.1) is 0 Å². The second-order valence-corrected chi connectivity index (χ2v) is 5.87. The average molecular weight is 300 g/mol. The molecule has 2 nitrogen and oxygen atoms in total. The normalized spacial score (nSPS) is 18.1. The van der Waals surface area contributed by atoms with Crippen LogP contribution in [-0.2, 0) is 11.2 Å². The molecule has 0 radical (unpaired) electrons. The first-order valence-electron chi connectivity index (χ1n) is 7.45. The SMILES string of the molecule is CCCNC(Cc1ccc(F)c(Cl)c1)C1CCOCC1. The summed E-state index contributed by atoms with van der Waals surface area (Å²) in [5, 5.41) is 3.84. The van der Waals surface area contributed by atoms with E-state index in [-0.39, 0.29) is 10.8 Å². The molecule has 20 heavy (non-hydrogen) atoms. The Labute approximate surface area is 125 Å². The molecule has 0 amide bonds. The summed E-state index contributed by atoms with van der Waals surface area (Å²) in [6.45, 7) is 4.87. The van der Waals surface area contributed by atoms with Gasteiger partial charge in [-0.1, -0.05) is 24.6 Å². The van der Waals surface area contributed by atoms with Gasteiger partial charge in [-0.2, -0.15) is 0 Å². The van der Waals surface area contributed by atoms with Crippen LogP contribution < -0.4 is 5.32 Å². The molecule has 2 rings (SSSR count). The fourth-order valence-electron chi connectivity index (χ4n) is 2.77. The zero-order chi connectivity index (χ0) is 14.4. The number of ether oxygens (including phenoxy) is 1. The topological polar surface area (TPSA) is 21.3 Å². The third-order valence-electron chi connectivity index (χ3n) is 3.93. The van der Waals surface area contributed by atoms with Crippen molar-refractivity contribution in [1.82, 2.24) is 5.32 Å². The number of benzene rings is 1. The van der Waals surface area contributed by atoms with E-state index < -0.39 is 0 Å². The lowest BCUT2D eigenvalue weighted by Gasteiger charge is -2.31. The van der Waals surface area contributed by atoms with Gasteiger partial charge < -0.3 is 10.1 Å². The monoisotopic (exact) mass is 299 g/mol. The summed E-state index contributed by atoms with van der Waals surface area (Å²) in [6.07, 6.45) is 4.20. The fourth-order valence-corrected chi connectivity index (χ4v) is 2.98. The van der Waals surface area contributed by atoms with Crippen LogP contribution in [0.3, 0.4) is 0 Å². The van der Waals surface area contributed by atoms with Crippen molar-refractivity contribution < 1.29 is 9.13 Å². The molecule has 0 aliphatic carbocycles. The van der Waals surface area contributed by atoms with E-state index in [2.05, 4.69) is 12.2 Å². The van der Waals surface area contributed by atoms with E-state index in [0.29, 0.717) is 12.0 Å². The van der Waals surface area contributed by atoms with Gasteiger partial charge in [0.25, 0.3) is 0 Å². The van der Waals surface area contributed by atoms with Crippen LogP contribution in [0.15, 0.2) is 18.2 Å². The van der Waals surface area contributed by atoms with E-state index in [1.54, 1.807) is 6.07 Å². The highest BCUT2D eigenvalue weighted by molar-refractivity contribution is 6.30. The van der Waals surface area contributed by atoms with Gasteiger partial charge in [0, 0.05) is 19.3 Å². The van der Waals surface area contributed by atoms with E-state index in [4.69, 9.17) is 16.3 Å². The lowest BCUT2D eigenvalue weighted by atomic mass is 9.87. The van der Waals surface area contributed by atoms with Gasteiger partial charge in [0.2, 0.25) is 0 Å². The maximum absolute atomic E-state index is 13.2. The predicted molar refractivity (Wildman–Crippen MR) is 80.7 cm³/mol. The van der Waals surface area contributed by atoms with Crippen LogP contribution in [0, 0.1) is 11.7 Å². The van der Waals surface area contributed by atoms with E-state index >= 15 is 0 Å². The number of rotatable bonds is 6. The highest BCUT2D eigenvalue weighted by atomic mass is 35.5. The third kappa shape index (κ3) is 4.44. The van der Waals surface area contributed by atoms with Gasteiger partial charge in [0.1, 0.15) is 5.82 Å². The molecule has 1 fully saturated rings. The highest BCUT2D eigenvalue weighted by Gasteiger charge is 2.23. The molecular weight excluding hydrogens is 277 g/mol. The minimum absolute atomic E-state index is 0.212. The van der Waals surface area contributed by atoms with Crippen LogP contribution in [0.4, 0.5) is 4.39 Å². The van der Waals surface area contributed by atoms with Crippen LogP contribution in [0.25, 0.3) is 0 Å². The molecule has 1 N–H and O–H groups in total. The van der Waals surface area contributed by atoms with Gasteiger partial charge in [0.15, 0.2) is 0 Å². The van der Waals surface area contributed by atoms with Crippen molar-refractivity contribution >= 4 is 11.6 Å². The summed E-state index contributed by atoms with van der Waals surface area (Å²) < 4.78 is 18.7. The Kier molecular flexibility index (Phi) is 6.27. The number of hydrogen-bond acceptors (Lipinski definition) is 2. The quantitative estimate of drug-likeness (QED) is 0.862. The maximum atomic E-state index is 13.2. The summed E-state index contributed by atoms with van der Waals surface area (Å²) >= 11 is 5.87. The molecule has 1 saturated heterocycles. The first-order chi connectivity index (χ1) is 9.70. The van der Waals surface area contributed by atoms with Crippen molar-refractivity contribution in [3.63, 3.8) is 0 Å². The molecule has 112 valence electrons. The van der Waals surface area contributed by atoms with Crippen LogP contribution in [0.5, 0.6) is 0 Å². The standard InChI is InChI=1S/C16H23ClFNO/c1-2-7-19-16(13-5-8-20-9-6-13)11-12-3-4-15(18)14(17)10-12/h3-4,10,13,16,19H,2,5-9,11H2,1H3. The average Bonchev–Trinajstić information content (AvgIpc) is 2.48. The maximum Gasteiger partial charge on any atom is 0.141 e. The predicted octanol–water partition coefficient (Wildman–Crippen LogP) is 3.82. The zero-order valence-corrected chi connectivity index (χ0v) is 12.8. The largest absolute Gasteiger partial charge is 0.381 e. The van der Waals surface area contributed by atoms with E-state index in [0.717, 1.165) is 51.0 Å². The highest BCUT2D eigenvalue weighted by Crippen LogP contribution is 2.23. The number of nitrogens with one attached hydrogen (secondary N) is 1. The van der Waals surface area contributed by atoms with Crippen molar-refractivity contribution in [3.05, 3.63) is 34.6 Å². The molecule has 4 heteroatoms. The molecule has 0 aromatic heterocycles. The van der Waals surface area contributed by atoms with Crippen LogP contribution in [0.2, 0.25) is 5.02 Å². The van der Waals surface area contributed by atoms with E-state index in [9.17, 15) is 4.39 Å². The molecule has 1 atom stereocenters. The van der Waals surface area contributed by atoms with E-state index in [1.807, 2.05) is 6.07 Å². The van der Waals surface area contributed by atoms with Gasteiger partial charge in [-0.25, -0.2) is 4.39 Å². The van der Waals surface area contributed by atoms with Gasteiger partial charge >= 0.3 is 0 Å². The molecule has 1 aliphatic rings. The van der Waals surface area contributed by atoms with Crippen LogP contribution in [0.1, 0.15) is 31.7 Å². The van der Waals surface area contributed by atoms with Crippen molar-refractivity contribution in [2.75, 3.05) is 19.8 Å². The number of halogens is 2. The minimum atomic E-state index is -0.348. The first kappa shape index (κ1) is 15.7. The fraction of sp³-hybridized carbons (Fsp3) is 0.625. The van der Waals surface area contributed by atoms with Gasteiger partial charge in [0.05, 0.1) is 5.02 Å². The minimum Gasteiger partial charge on any atom is -0.381 e. The van der Waals surface area contributed by atoms with Crippen LogP contribution in [-0.4, -0.2) is 25.8 Å². The summed E-state index contributed by atoms with van der Waals surface area (Å²) in [6, 6.07) is 5.46. The van der Waals surface area contributed by atoms with Gasteiger partial charge in [-0.3, -0.25) is 0 Å². The Morgan fingerprint density at radius 1 is 1.40 bits per heavy atom. The second kappa shape index (κ2) is 7.96. The molecule has 0 saturated carbocycles. The molecule has 1 aromatic carbocycles. The Morgan fingerprint density at radius 3 is 2.80 bits per heavy atom. The molecule has 1 unspecified atom stereocenters. The molecule has 0 spiro atoms. The zero-order valence-electron chi connectivity index (χ0n) is 12.0.